The zero-order valence-electron chi connectivity index (χ0n) is 51.1. The van der Waals surface area contributed by atoms with E-state index < -0.39 is 180 Å². The number of aliphatic hydroxyl groups is 4. The van der Waals surface area contributed by atoms with E-state index in [-0.39, 0.29) is 62.0 Å². The van der Waals surface area contributed by atoms with Gasteiger partial charge in [-0.05, 0) is 74.7 Å². The summed E-state index contributed by atoms with van der Waals surface area (Å²) in [5.41, 5.74) is 21.2. The van der Waals surface area contributed by atoms with Gasteiger partial charge in [0.15, 0.2) is 24.2 Å². The number of benzene rings is 1. The molecule has 1 aliphatic heterocycles. The number of guanidine groups is 1. The minimum Gasteiger partial charge on any atom is -0.453 e. The van der Waals surface area contributed by atoms with Gasteiger partial charge in [0.05, 0.1) is 30.9 Å². The quantitative estimate of drug-likeness (QED) is 0.0236. The maximum absolute atomic E-state index is 15.3. The number of carbonyl (C=O) groups is 12. The van der Waals surface area contributed by atoms with Gasteiger partial charge in [0.1, 0.15) is 48.3 Å². The molecule has 0 spiro atoms. The molecule has 1 aromatic rings. The van der Waals surface area contributed by atoms with Crippen molar-refractivity contribution in [2.24, 2.45) is 51.6 Å². The highest BCUT2D eigenvalue weighted by Gasteiger charge is 2.48. The number of nitrogens with two attached hydrogens (primary N) is 4. The number of amides is 11. The number of hydrogen-bond donors (Lipinski definition) is 18. The van der Waals surface area contributed by atoms with E-state index in [2.05, 4.69) is 47.5 Å². The van der Waals surface area contributed by atoms with Crippen LogP contribution in [0.4, 0.5) is 0 Å². The lowest BCUT2D eigenvalue weighted by Crippen LogP contribution is -2.64. The van der Waals surface area contributed by atoms with Crippen molar-refractivity contribution >= 4 is 76.9 Å². The van der Waals surface area contributed by atoms with E-state index in [1.807, 2.05) is 10.6 Å². The van der Waals surface area contributed by atoms with Crippen molar-refractivity contribution in [1.82, 2.24) is 53.2 Å². The summed E-state index contributed by atoms with van der Waals surface area (Å²) in [6.07, 6.45) is -7.61. The van der Waals surface area contributed by atoms with E-state index in [1.54, 1.807) is 41.5 Å². The Balaban J connectivity index is 2.39. The number of cyclic esters (lactones) is 1. The van der Waals surface area contributed by atoms with Crippen molar-refractivity contribution in [2.75, 3.05) is 19.7 Å². The summed E-state index contributed by atoms with van der Waals surface area (Å²) in [6, 6.07) is -9.56. The Morgan fingerprint density at radius 1 is 0.693 bits per heavy atom. The molecule has 32 nitrogen and oxygen atoms in total. The maximum atomic E-state index is 15.3. The molecule has 22 N–H and O–H groups in total. The third kappa shape index (κ3) is 22.6. The molecule has 1 aromatic carbocycles. The number of nitrogens with one attached hydrogen (secondary N) is 10. The summed E-state index contributed by atoms with van der Waals surface area (Å²) < 4.78 is 5.90. The van der Waals surface area contributed by atoms with Gasteiger partial charge in [0.2, 0.25) is 65.0 Å². The van der Waals surface area contributed by atoms with Gasteiger partial charge in [0, 0.05) is 6.54 Å². The van der Waals surface area contributed by atoms with Gasteiger partial charge in [-0.1, -0.05) is 92.1 Å². The Kier molecular flexibility index (Phi) is 29.1. The highest BCUT2D eigenvalue weighted by atomic mass is 16.5. The molecule has 1 saturated carbocycles. The number of ether oxygens (including phenoxy) is 1. The van der Waals surface area contributed by atoms with Crippen molar-refractivity contribution in [1.29, 1.82) is 0 Å². The normalized spacial score (nSPS) is 25.8. The summed E-state index contributed by atoms with van der Waals surface area (Å²) in [4.78, 5) is 173. The molecule has 11 amide bonds. The molecule has 88 heavy (non-hydrogen) atoms. The number of esters is 1. The molecule has 14 atom stereocenters. The van der Waals surface area contributed by atoms with Crippen LogP contribution in [-0.4, -0.2) is 195 Å². The average Bonchev–Trinajstić information content (AvgIpc) is 1.67. The highest BCUT2D eigenvalue weighted by molar-refractivity contribution is 6.00. The lowest BCUT2D eigenvalue weighted by Gasteiger charge is -2.33. The summed E-state index contributed by atoms with van der Waals surface area (Å²) in [6.45, 7) is 11.7. The maximum Gasteiger partial charge on any atom is 0.331 e. The van der Waals surface area contributed by atoms with Gasteiger partial charge >= 0.3 is 5.97 Å². The molecule has 2 fully saturated rings. The molecule has 1 saturated heterocycles. The third-order valence-electron chi connectivity index (χ3n) is 14.6. The van der Waals surface area contributed by atoms with E-state index in [0.717, 1.165) is 6.92 Å². The van der Waals surface area contributed by atoms with Gasteiger partial charge in [-0.15, -0.1) is 0 Å². The Labute approximate surface area is 510 Å². The predicted molar refractivity (Wildman–Crippen MR) is 315 cm³/mol. The van der Waals surface area contributed by atoms with Crippen LogP contribution in [0.15, 0.2) is 35.3 Å². The molecule has 1 heterocycles. The first-order valence-electron chi connectivity index (χ1n) is 29.2. The van der Waals surface area contributed by atoms with Crippen LogP contribution < -0.4 is 76.1 Å². The second kappa shape index (κ2) is 34.5. The SMILES string of the molecule is CC[C@H](C)[C@@H]1NC(=O)[C@@H](CCCN=C(N)N)NC(=O)[C@H](CC(C)C)NC(=O)[C@H]([C@H](O)C(C)C)NC(=O)[C@@H](NC(=O)[C@H](CC(C)C)NC(=O)C2(N)CC2)[C@@H](c2ccccc2)OC(=O)[C@H](CO)NC(=O)[C@H]([C@H](O)C(N)=O)NC(=O)CNC(=O)[C@H]([C@H](C)O)NC1=O. The van der Waals surface area contributed by atoms with Gasteiger partial charge in [-0.25, -0.2) is 4.79 Å². The lowest BCUT2D eigenvalue weighted by atomic mass is 9.95. The van der Waals surface area contributed by atoms with Gasteiger partial charge in [-0.3, -0.25) is 57.7 Å². The first-order valence-corrected chi connectivity index (χ1v) is 29.2. The molecule has 0 radical (unpaired) electrons. The van der Waals surface area contributed by atoms with Crippen LogP contribution in [0.1, 0.15) is 119 Å². The number of aliphatic hydroxyl groups excluding tert-OH is 4. The topological polar surface area (TPSA) is 532 Å². The van der Waals surface area contributed by atoms with E-state index in [9.17, 15) is 73.2 Å². The Morgan fingerprint density at radius 3 is 1.78 bits per heavy atom. The fraction of sp³-hybridized carbons (Fsp3) is 0.661. The molecular formula is C56H91N15O17. The monoisotopic (exact) mass is 1250 g/mol. The molecule has 2 aliphatic rings. The molecule has 0 bridgehead atoms. The van der Waals surface area contributed by atoms with Crippen molar-refractivity contribution in [3.63, 3.8) is 0 Å². The minimum atomic E-state index is -2.57. The van der Waals surface area contributed by atoms with Crippen LogP contribution in [0.25, 0.3) is 0 Å². The Hall–Kier alpha value is -8.07. The predicted octanol–water partition coefficient (Wildman–Crippen LogP) is -6.32. The van der Waals surface area contributed by atoms with Crippen LogP contribution in [-0.2, 0) is 62.3 Å². The number of carbonyl (C=O) groups excluding carboxylic acids is 12. The smallest absolute Gasteiger partial charge is 0.331 e. The zero-order valence-corrected chi connectivity index (χ0v) is 51.1. The van der Waals surface area contributed by atoms with E-state index in [0.29, 0.717) is 12.8 Å². The number of nitrogens with zero attached hydrogens (tertiary/aromatic N) is 1. The number of aliphatic imine (C=N–C) groups is 1. The van der Waals surface area contributed by atoms with Crippen molar-refractivity contribution in [3.05, 3.63) is 35.9 Å². The summed E-state index contributed by atoms with van der Waals surface area (Å²) in [7, 11) is 0. The van der Waals surface area contributed by atoms with Crippen LogP contribution in [0.5, 0.6) is 0 Å². The lowest BCUT2D eigenvalue weighted by molar-refractivity contribution is -0.159. The Morgan fingerprint density at radius 2 is 1.25 bits per heavy atom. The highest BCUT2D eigenvalue weighted by Crippen LogP contribution is 2.32. The molecule has 1 aliphatic carbocycles. The van der Waals surface area contributed by atoms with Crippen molar-refractivity contribution in [3.8, 4) is 0 Å². The number of primary amides is 1. The van der Waals surface area contributed by atoms with Crippen molar-refractivity contribution < 1.29 is 82.7 Å². The standard InChI is InChI=1S/C56H91N15O17/c1-10-28(8)36-49(82)69-37(29(9)73)48(81)62-23-35(74)67-39(42(76)44(57)77)51(84)65-34(24-72)53(86)88-43(30-15-12-11-13-16-30)40(71-47(80)33(22-26(4)5)66-54(87)56(60)18-19-56)52(85)70-38(41(75)27(6)7)50(83)64-32(21-25(2)3)46(79)63-31(45(78)68-36)17-14-20-61-55(58)59/h11-13,15-16,25-29,31-34,36-43,72-73,75-76H,10,14,17-24,60H2,1-9H3,(H2,57,77)(H,62,81)(H,63,79)(H,64,83)(H,65,84)(H,66,87)(H,67,74)(H,68,78)(H,69,82)(H,70,85)(H,71,80)(H4,58,59,61)/t28-,29-,31+,32-,33-,34-,36-,37-,38-,39-,40-,41+,42-,43+/m0/s1. The average molecular weight is 1250 g/mol. The summed E-state index contributed by atoms with van der Waals surface area (Å²) in [5.74, 6) is -17.0. The second-order valence-electron chi connectivity index (χ2n) is 23.4. The second-order valence-corrected chi connectivity index (χ2v) is 23.4. The van der Waals surface area contributed by atoms with E-state index in [4.69, 9.17) is 27.7 Å². The molecular weight excluding hydrogens is 1150 g/mol. The van der Waals surface area contributed by atoms with E-state index in [1.165, 1.54) is 44.2 Å². The number of rotatable bonds is 21. The summed E-state index contributed by atoms with van der Waals surface area (Å²) >= 11 is 0. The van der Waals surface area contributed by atoms with Crippen LogP contribution in [0.2, 0.25) is 0 Å². The molecule has 32 heteroatoms. The Bertz CT molecular complexity index is 2650. The fourth-order valence-corrected chi connectivity index (χ4v) is 9.02. The van der Waals surface area contributed by atoms with Gasteiger partial charge < -0.3 is 101 Å². The number of hydrogen-bond acceptors (Lipinski definition) is 19. The van der Waals surface area contributed by atoms with Crippen LogP contribution >= 0.6 is 0 Å². The van der Waals surface area contributed by atoms with Gasteiger partial charge in [0.25, 0.3) is 0 Å². The van der Waals surface area contributed by atoms with Gasteiger partial charge in [-0.2, -0.15) is 0 Å². The van der Waals surface area contributed by atoms with Crippen molar-refractivity contribution in [2.45, 2.75) is 192 Å². The summed E-state index contributed by atoms with van der Waals surface area (Å²) in [5, 5.41) is 67.9. The van der Waals surface area contributed by atoms with Crippen LogP contribution in [0.3, 0.4) is 0 Å². The third-order valence-corrected chi connectivity index (χ3v) is 14.6. The minimum absolute atomic E-state index is 0.0458. The largest absolute Gasteiger partial charge is 0.453 e. The molecule has 0 aromatic heterocycles. The molecule has 3 rings (SSSR count). The molecule has 492 valence electrons. The molecule has 0 unspecified atom stereocenters. The first-order chi connectivity index (χ1) is 41.2. The fourth-order valence-electron chi connectivity index (χ4n) is 9.02. The van der Waals surface area contributed by atoms with Crippen LogP contribution in [0, 0.1) is 23.7 Å². The zero-order chi connectivity index (χ0) is 66.5. The van der Waals surface area contributed by atoms with E-state index >= 15 is 4.79 Å². The first kappa shape index (κ1) is 74.2.